The molecule has 2 atom stereocenters. The van der Waals surface area contributed by atoms with Crippen molar-refractivity contribution in [3.63, 3.8) is 0 Å². The lowest BCUT2D eigenvalue weighted by atomic mass is 9.90. The normalized spacial score (nSPS) is 24.6. The van der Waals surface area contributed by atoms with Crippen molar-refractivity contribution in [2.24, 2.45) is 17.7 Å². The lowest BCUT2D eigenvalue weighted by Crippen LogP contribution is -2.42. The largest absolute Gasteiger partial charge is 0.307 e. The Morgan fingerprint density at radius 1 is 1.45 bits per heavy atom. The summed E-state index contributed by atoms with van der Waals surface area (Å²) in [5.74, 6) is 6.36. The molecule has 0 spiro atoms. The molecule has 0 radical (unpaired) electrons. The molecular formula is C12H19ClN4O2S. The van der Waals surface area contributed by atoms with Gasteiger partial charge in [0.05, 0.1) is 5.02 Å². The van der Waals surface area contributed by atoms with E-state index < -0.39 is 10.0 Å². The van der Waals surface area contributed by atoms with Crippen molar-refractivity contribution < 1.29 is 8.42 Å². The van der Waals surface area contributed by atoms with Gasteiger partial charge in [-0.1, -0.05) is 25.4 Å². The molecule has 1 aliphatic rings. The lowest BCUT2D eigenvalue weighted by Gasteiger charge is -2.34. The average Bonchev–Trinajstić information content (AvgIpc) is 2.41. The van der Waals surface area contributed by atoms with Gasteiger partial charge in [-0.05, 0) is 24.3 Å². The number of hydrogen-bond donors (Lipinski definition) is 2. The van der Waals surface area contributed by atoms with Gasteiger partial charge in [0.15, 0.2) is 5.82 Å². The van der Waals surface area contributed by atoms with Gasteiger partial charge >= 0.3 is 0 Å². The second-order valence-corrected chi connectivity index (χ2v) is 7.60. The second kappa shape index (κ2) is 5.85. The molecule has 8 heteroatoms. The lowest BCUT2D eigenvalue weighted by molar-refractivity contribution is 0.212. The van der Waals surface area contributed by atoms with Crippen LogP contribution in [0.3, 0.4) is 0 Å². The van der Waals surface area contributed by atoms with Crippen molar-refractivity contribution in [1.29, 1.82) is 0 Å². The van der Waals surface area contributed by atoms with E-state index in [1.54, 1.807) is 0 Å². The third kappa shape index (κ3) is 2.90. The average molecular weight is 319 g/mol. The van der Waals surface area contributed by atoms with Crippen LogP contribution in [0.25, 0.3) is 0 Å². The first-order valence-corrected chi connectivity index (χ1v) is 8.30. The Hall–Kier alpha value is -0.890. The molecule has 0 saturated carbocycles. The zero-order valence-corrected chi connectivity index (χ0v) is 13.1. The highest BCUT2D eigenvalue weighted by Crippen LogP contribution is 2.29. The van der Waals surface area contributed by atoms with Crippen LogP contribution < -0.4 is 11.3 Å². The van der Waals surface area contributed by atoms with Crippen LogP contribution in [0.1, 0.15) is 20.3 Å². The highest BCUT2D eigenvalue weighted by Gasteiger charge is 2.32. The molecular weight excluding hydrogens is 300 g/mol. The molecule has 1 fully saturated rings. The summed E-state index contributed by atoms with van der Waals surface area (Å²) < 4.78 is 26.6. The van der Waals surface area contributed by atoms with Gasteiger partial charge in [-0.3, -0.25) is 0 Å². The minimum absolute atomic E-state index is 0.100. The smallest absolute Gasteiger partial charge is 0.244 e. The van der Waals surface area contributed by atoms with E-state index in [1.165, 1.54) is 16.6 Å². The van der Waals surface area contributed by atoms with Crippen LogP contribution in [0.4, 0.5) is 5.82 Å². The molecule has 20 heavy (non-hydrogen) atoms. The topological polar surface area (TPSA) is 88.3 Å². The Kier molecular flexibility index (Phi) is 4.53. The Bertz CT molecular complexity index is 593. The van der Waals surface area contributed by atoms with Crippen molar-refractivity contribution in [1.82, 2.24) is 9.29 Å². The number of nitrogens with two attached hydrogens (primary N) is 1. The van der Waals surface area contributed by atoms with Gasteiger partial charge in [0.1, 0.15) is 4.90 Å². The summed E-state index contributed by atoms with van der Waals surface area (Å²) in [4.78, 5) is 4.02. The minimum Gasteiger partial charge on any atom is -0.307 e. The van der Waals surface area contributed by atoms with Gasteiger partial charge in [0.25, 0.3) is 0 Å². The van der Waals surface area contributed by atoms with E-state index in [9.17, 15) is 8.42 Å². The van der Waals surface area contributed by atoms with Gasteiger partial charge in [-0.2, -0.15) is 4.31 Å². The summed E-state index contributed by atoms with van der Waals surface area (Å²) in [7, 11) is -3.55. The second-order valence-electron chi connectivity index (χ2n) is 5.25. The fourth-order valence-corrected chi connectivity index (χ4v) is 4.07. The number of pyridine rings is 1. The molecule has 2 rings (SSSR count). The van der Waals surface area contributed by atoms with Gasteiger partial charge in [0.2, 0.25) is 10.0 Å². The molecule has 0 amide bonds. The third-order valence-corrected chi connectivity index (χ3v) is 6.01. The predicted molar refractivity (Wildman–Crippen MR) is 78.8 cm³/mol. The molecule has 0 bridgehead atoms. The van der Waals surface area contributed by atoms with Crippen molar-refractivity contribution in [3.05, 3.63) is 17.3 Å². The molecule has 3 N–H and O–H groups in total. The molecule has 1 aliphatic heterocycles. The van der Waals surface area contributed by atoms with Crippen LogP contribution in [0.2, 0.25) is 5.02 Å². The number of hydrazine groups is 1. The van der Waals surface area contributed by atoms with E-state index in [-0.39, 0.29) is 15.7 Å². The quantitative estimate of drug-likeness (QED) is 0.654. The Balaban J connectivity index is 2.29. The van der Waals surface area contributed by atoms with Crippen LogP contribution >= 0.6 is 11.6 Å². The minimum atomic E-state index is -3.55. The predicted octanol–water partition coefficient (Wildman–Crippen LogP) is 1.69. The molecule has 1 aromatic rings. The van der Waals surface area contributed by atoms with Crippen LogP contribution in [-0.4, -0.2) is 30.8 Å². The number of aromatic nitrogens is 1. The summed E-state index contributed by atoms with van der Waals surface area (Å²) in [6.45, 7) is 5.27. The summed E-state index contributed by atoms with van der Waals surface area (Å²) in [6.07, 6.45) is 2.14. The molecule has 2 heterocycles. The number of sulfonamides is 1. The van der Waals surface area contributed by atoms with Gasteiger partial charge in [-0.25, -0.2) is 19.2 Å². The van der Waals surface area contributed by atoms with Crippen LogP contribution in [0.15, 0.2) is 17.2 Å². The van der Waals surface area contributed by atoms with E-state index in [0.717, 1.165) is 6.42 Å². The van der Waals surface area contributed by atoms with Gasteiger partial charge in [0, 0.05) is 19.3 Å². The maximum Gasteiger partial charge on any atom is 0.244 e. The fraction of sp³-hybridized carbons (Fsp3) is 0.583. The standard InChI is InChI=1S/C12H19ClN4O2S/c1-8-3-4-17(7-9(8)2)20(18,19)10-5-11(13)12(16-14)15-6-10/h5-6,8-9H,3-4,7,14H2,1-2H3,(H,15,16). The molecule has 0 aliphatic carbocycles. The van der Waals surface area contributed by atoms with Gasteiger partial charge in [-0.15, -0.1) is 0 Å². The number of nitrogens with one attached hydrogen (secondary N) is 1. The highest BCUT2D eigenvalue weighted by atomic mass is 35.5. The summed E-state index contributed by atoms with van der Waals surface area (Å²) in [6, 6.07) is 1.38. The first-order valence-electron chi connectivity index (χ1n) is 6.48. The first kappa shape index (κ1) is 15.5. The van der Waals surface area contributed by atoms with Gasteiger partial charge < -0.3 is 5.43 Å². The number of rotatable bonds is 3. The molecule has 2 unspecified atom stereocenters. The van der Waals surface area contributed by atoms with E-state index in [1.807, 2.05) is 0 Å². The Morgan fingerprint density at radius 2 is 2.15 bits per heavy atom. The van der Waals surface area contributed by atoms with Crippen LogP contribution in [0, 0.1) is 11.8 Å². The maximum atomic E-state index is 12.6. The number of hydrogen-bond acceptors (Lipinski definition) is 5. The van der Waals surface area contributed by atoms with E-state index in [0.29, 0.717) is 24.9 Å². The van der Waals surface area contributed by atoms with Crippen molar-refractivity contribution in [3.8, 4) is 0 Å². The number of nitrogens with zero attached hydrogens (tertiary/aromatic N) is 2. The molecule has 6 nitrogen and oxygen atoms in total. The fourth-order valence-electron chi connectivity index (χ4n) is 2.26. The number of halogens is 1. The number of nitrogen functional groups attached to an aromatic ring is 1. The number of piperidine rings is 1. The third-order valence-electron chi connectivity index (χ3n) is 3.89. The first-order chi connectivity index (χ1) is 9.36. The highest BCUT2D eigenvalue weighted by molar-refractivity contribution is 7.89. The van der Waals surface area contributed by atoms with Crippen LogP contribution in [0.5, 0.6) is 0 Å². The SMILES string of the molecule is CC1CCN(S(=O)(=O)c2cnc(NN)c(Cl)c2)CC1C. The Morgan fingerprint density at radius 3 is 2.70 bits per heavy atom. The van der Waals surface area contributed by atoms with E-state index >= 15 is 0 Å². The molecule has 0 aromatic carbocycles. The monoisotopic (exact) mass is 318 g/mol. The summed E-state index contributed by atoms with van der Waals surface area (Å²) in [5.41, 5.74) is 2.31. The van der Waals surface area contributed by atoms with Crippen molar-refractivity contribution in [2.75, 3.05) is 18.5 Å². The van der Waals surface area contributed by atoms with E-state index in [4.69, 9.17) is 17.4 Å². The maximum absolute atomic E-state index is 12.6. The van der Waals surface area contributed by atoms with Crippen LogP contribution in [-0.2, 0) is 10.0 Å². The Labute approximate surface area is 124 Å². The molecule has 112 valence electrons. The molecule has 1 aromatic heterocycles. The molecule has 1 saturated heterocycles. The van der Waals surface area contributed by atoms with E-state index in [2.05, 4.69) is 24.3 Å². The zero-order chi connectivity index (χ0) is 14.9. The number of anilines is 1. The summed E-state index contributed by atoms with van der Waals surface area (Å²) in [5, 5.41) is 0.187. The van der Waals surface area contributed by atoms with Crippen molar-refractivity contribution in [2.45, 2.75) is 25.2 Å². The summed E-state index contributed by atoms with van der Waals surface area (Å²) >= 11 is 5.94. The van der Waals surface area contributed by atoms with Crippen molar-refractivity contribution >= 4 is 27.4 Å². The zero-order valence-electron chi connectivity index (χ0n) is 11.5.